The number of H-pyrrole nitrogens is 1. The highest BCUT2D eigenvalue weighted by atomic mass is 16.4. The first-order valence-electron chi connectivity index (χ1n) is 13.6. The summed E-state index contributed by atoms with van der Waals surface area (Å²) >= 11 is 0. The molecule has 42 heavy (non-hydrogen) atoms. The average Bonchev–Trinajstić information content (AvgIpc) is 3.34. The predicted octanol–water partition coefficient (Wildman–Crippen LogP) is -0.849. The highest BCUT2D eigenvalue weighted by Crippen LogP contribution is 2.19. The number of hydrogen-bond acceptors (Lipinski definition) is 7. The number of fused-ring (bicyclic) bond motifs is 1. The summed E-state index contributed by atoms with van der Waals surface area (Å²) in [7, 11) is 0. The third-order valence-electron chi connectivity index (χ3n) is 6.82. The van der Waals surface area contributed by atoms with Crippen LogP contribution in [0, 0.1) is 5.92 Å². The number of carboxylic acids is 2. The minimum atomic E-state index is -1.54. The molecule has 0 bridgehead atoms. The molecule has 2 rings (SSSR count). The van der Waals surface area contributed by atoms with Crippen molar-refractivity contribution in [3.63, 3.8) is 0 Å². The number of carbonyl (C=O) groups excluding carboxylic acids is 3. The zero-order chi connectivity index (χ0) is 31.4. The minimum absolute atomic E-state index is 0.0189. The number of benzene rings is 1. The monoisotopic (exact) mass is 588 g/mol. The van der Waals surface area contributed by atoms with Crippen LogP contribution in [0.2, 0.25) is 0 Å². The molecule has 12 N–H and O–H groups in total. The lowest BCUT2D eigenvalue weighted by atomic mass is 9.97. The van der Waals surface area contributed by atoms with Gasteiger partial charge in [0.05, 0.1) is 12.5 Å². The molecule has 1 aromatic carbocycles. The van der Waals surface area contributed by atoms with Crippen molar-refractivity contribution in [1.82, 2.24) is 20.9 Å². The van der Waals surface area contributed by atoms with E-state index in [0.717, 1.165) is 16.5 Å². The molecule has 5 atom stereocenters. The van der Waals surface area contributed by atoms with Crippen LogP contribution < -0.4 is 33.2 Å². The normalized spacial score (nSPS) is 14.5. The van der Waals surface area contributed by atoms with Crippen LogP contribution in [0.15, 0.2) is 35.5 Å². The van der Waals surface area contributed by atoms with Gasteiger partial charge in [0, 0.05) is 23.6 Å². The number of nitrogens with two attached hydrogens (primary N) is 3. The first-order chi connectivity index (χ1) is 19.8. The Balaban J connectivity index is 2.12. The maximum absolute atomic E-state index is 13.2. The maximum Gasteiger partial charge on any atom is 0.326 e. The molecule has 0 radical (unpaired) electrons. The molecule has 3 amide bonds. The Morgan fingerprint density at radius 1 is 0.976 bits per heavy atom. The molecule has 1 aromatic heterocycles. The third-order valence-corrected chi connectivity index (χ3v) is 6.82. The van der Waals surface area contributed by atoms with Crippen LogP contribution >= 0.6 is 0 Å². The summed E-state index contributed by atoms with van der Waals surface area (Å²) in [6.45, 7) is 3.59. The molecular weight excluding hydrogens is 548 g/mol. The molecule has 230 valence electrons. The summed E-state index contributed by atoms with van der Waals surface area (Å²) in [6.07, 6.45) is 1.78. The van der Waals surface area contributed by atoms with E-state index in [2.05, 4.69) is 25.9 Å². The minimum Gasteiger partial charge on any atom is -0.481 e. The lowest BCUT2D eigenvalue weighted by Gasteiger charge is -2.27. The number of carbonyl (C=O) groups is 5. The fourth-order valence-corrected chi connectivity index (χ4v) is 4.27. The maximum atomic E-state index is 13.2. The van der Waals surface area contributed by atoms with Crippen molar-refractivity contribution in [3.8, 4) is 0 Å². The van der Waals surface area contributed by atoms with Crippen LogP contribution in [-0.4, -0.2) is 81.5 Å². The standard InChI is InChI=1S/C27H40N8O7/c1-3-14(2)22(25(40)33-19(26(41)42)9-6-10-31-27(29)30)35-24(39)20(12-21(36)37)34-23(38)17(28)11-15-13-32-18-8-5-4-7-16(15)18/h4-5,7-8,13-14,17,19-20,22,32H,3,6,9-12,28H2,1-2H3,(H,33,40)(H,34,38)(H,35,39)(H,36,37)(H,41,42)(H4,29,30,31). The molecule has 0 aliphatic carbocycles. The van der Waals surface area contributed by atoms with Gasteiger partial charge in [-0.25, -0.2) is 4.79 Å². The van der Waals surface area contributed by atoms with E-state index in [-0.39, 0.29) is 31.8 Å². The van der Waals surface area contributed by atoms with Crippen molar-refractivity contribution in [3.05, 3.63) is 36.0 Å². The second-order valence-electron chi connectivity index (χ2n) is 10.0. The molecular formula is C27H40N8O7. The highest BCUT2D eigenvalue weighted by molar-refractivity contribution is 5.96. The second-order valence-corrected chi connectivity index (χ2v) is 10.0. The van der Waals surface area contributed by atoms with E-state index in [9.17, 15) is 34.2 Å². The van der Waals surface area contributed by atoms with Crippen molar-refractivity contribution in [1.29, 1.82) is 0 Å². The Morgan fingerprint density at radius 2 is 1.64 bits per heavy atom. The number of para-hydroxylation sites is 1. The highest BCUT2D eigenvalue weighted by Gasteiger charge is 2.33. The van der Waals surface area contributed by atoms with Gasteiger partial charge in [-0.2, -0.15) is 0 Å². The number of hydrogen-bond donors (Lipinski definition) is 9. The zero-order valence-corrected chi connectivity index (χ0v) is 23.6. The Bertz CT molecular complexity index is 1290. The molecule has 5 unspecified atom stereocenters. The number of carboxylic acid groups (broad SMARTS) is 2. The van der Waals surface area contributed by atoms with Crippen LogP contribution in [0.25, 0.3) is 10.9 Å². The van der Waals surface area contributed by atoms with E-state index >= 15 is 0 Å². The summed E-state index contributed by atoms with van der Waals surface area (Å²) in [5.74, 6) is -5.71. The van der Waals surface area contributed by atoms with Crippen LogP contribution in [0.4, 0.5) is 0 Å². The van der Waals surface area contributed by atoms with Gasteiger partial charge < -0.3 is 48.3 Å². The first-order valence-corrected chi connectivity index (χ1v) is 13.6. The number of rotatable bonds is 17. The predicted molar refractivity (Wildman–Crippen MR) is 155 cm³/mol. The lowest BCUT2D eigenvalue weighted by Crippen LogP contribution is -2.59. The quantitative estimate of drug-likeness (QED) is 0.0627. The largest absolute Gasteiger partial charge is 0.481 e. The number of aromatic nitrogens is 1. The molecule has 1 heterocycles. The van der Waals surface area contributed by atoms with Crippen molar-refractivity contribution >= 4 is 46.5 Å². The number of amides is 3. The topological polar surface area (TPSA) is 268 Å². The van der Waals surface area contributed by atoms with Gasteiger partial charge in [0.1, 0.15) is 18.1 Å². The molecule has 0 aliphatic rings. The van der Waals surface area contributed by atoms with Crippen molar-refractivity contribution in [2.45, 2.75) is 70.1 Å². The summed E-state index contributed by atoms with van der Waals surface area (Å²) < 4.78 is 0. The summed E-state index contributed by atoms with van der Waals surface area (Å²) in [5.41, 5.74) is 18.3. The Morgan fingerprint density at radius 3 is 2.26 bits per heavy atom. The van der Waals surface area contributed by atoms with Crippen LogP contribution in [-0.2, 0) is 30.4 Å². The molecule has 2 aromatic rings. The van der Waals surface area contributed by atoms with Gasteiger partial charge >= 0.3 is 11.9 Å². The second kappa shape index (κ2) is 16.0. The van der Waals surface area contributed by atoms with E-state index in [0.29, 0.717) is 6.42 Å². The van der Waals surface area contributed by atoms with Crippen LogP contribution in [0.3, 0.4) is 0 Å². The fraction of sp³-hybridized carbons (Fsp3) is 0.481. The average molecular weight is 589 g/mol. The SMILES string of the molecule is CCC(C)C(NC(=O)C(CC(=O)O)NC(=O)C(N)Cc1c[nH]c2ccccc12)C(=O)NC(CCCN=C(N)N)C(=O)O. The summed E-state index contributed by atoms with van der Waals surface area (Å²) in [5, 5.41) is 27.1. The molecule has 0 saturated carbocycles. The van der Waals surface area contributed by atoms with E-state index in [1.165, 1.54) is 0 Å². The van der Waals surface area contributed by atoms with Gasteiger partial charge in [-0.05, 0) is 36.8 Å². The molecule has 0 aliphatic heterocycles. The lowest BCUT2D eigenvalue weighted by molar-refractivity contribution is -0.143. The summed E-state index contributed by atoms with van der Waals surface area (Å²) in [6, 6.07) is 2.29. The molecule has 15 heteroatoms. The van der Waals surface area contributed by atoms with Gasteiger partial charge in [-0.3, -0.25) is 24.2 Å². The zero-order valence-electron chi connectivity index (χ0n) is 23.6. The van der Waals surface area contributed by atoms with E-state index in [4.69, 9.17) is 17.2 Å². The molecule has 0 spiro atoms. The molecule has 0 fully saturated rings. The van der Waals surface area contributed by atoms with Gasteiger partial charge in [-0.15, -0.1) is 0 Å². The van der Waals surface area contributed by atoms with Gasteiger partial charge in [0.2, 0.25) is 17.7 Å². The number of aliphatic carboxylic acids is 2. The Kier molecular flexibility index (Phi) is 12.7. The third kappa shape index (κ3) is 10.1. The van der Waals surface area contributed by atoms with E-state index in [1.807, 2.05) is 24.3 Å². The van der Waals surface area contributed by atoms with Crippen LogP contribution in [0.1, 0.15) is 45.1 Å². The number of aromatic amines is 1. The molecule has 15 nitrogen and oxygen atoms in total. The van der Waals surface area contributed by atoms with Gasteiger partial charge in [0.25, 0.3) is 0 Å². The fourth-order valence-electron chi connectivity index (χ4n) is 4.27. The van der Waals surface area contributed by atoms with E-state index in [1.54, 1.807) is 20.0 Å². The van der Waals surface area contributed by atoms with Crippen molar-refractivity contribution in [2.75, 3.05) is 6.54 Å². The number of nitrogens with zero attached hydrogens (tertiary/aromatic N) is 1. The Labute approximate surface area is 242 Å². The van der Waals surface area contributed by atoms with Crippen LogP contribution in [0.5, 0.6) is 0 Å². The number of guanidine groups is 1. The summed E-state index contributed by atoms with van der Waals surface area (Å²) in [4.78, 5) is 69.3. The van der Waals surface area contributed by atoms with Gasteiger partial charge in [0.15, 0.2) is 5.96 Å². The Hall–Kier alpha value is -4.66. The van der Waals surface area contributed by atoms with Gasteiger partial charge in [-0.1, -0.05) is 38.5 Å². The number of nitrogens with one attached hydrogen (secondary N) is 4. The van der Waals surface area contributed by atoms with Crippen molar-refractivity contribution < 1.29 is 34.2 Å². The smallest absolute Gasteiger partial charge is 0.326 e. The van der Waals surface area contributed by atoms with Crippen molar-refractivity contribution in [2.24, 2.45) is 28.1 Å². The first kappa shape index (κ1) is 33.5. The van der Waals surface area contributed by atoms with E-state index < -0.39 is 66.2 Å². The molecule has 0 saturated heterocycles. The number of aliphatic imine (C=N–C) groups is 1.